The summed E-state index contributed by atoms with van der Waals surface area (Å²) >= 11 is 0. The molecule has 4 heteroatoms. The second kappa shape index (κ2) is 5.45. The van der Waals surface area contributed by atoms with Gasteiger partial charge in [0.05, 0.1) is 6.42 Å². The summed E-state index contributed by atoms with van der Waals surface area (Å²) in [4.78, 5) is 25.2. The number of nitrogens with zero attached hydrogens (tertiary/aromatic N) is 1. The zero-order chi connectivity index (χ0) is 12.3. The first-order valence-corrected chi connectivity index (χ1v) is 6.48. The van der Waals surface area contributed by atoms with E-state index in [0.29, 0.717) is 6.42 Å². The Bertz CT molecular complexity index is 360. The van der Waals surface area contributed by atoms with Crippen LogP contribution in [0.15, 0.2) is 11.1 Å². The maximum Gasteiger partial charge on any atom is 0.254 e. The van der Waals surface area contributed by atoms with Gasteiger partial charge in [-0.15, -0.1) is 0 Å². The van der Waals surface area contributed by atoms with Crippen LogP contribution < -0.4 is 5.32 Å². The second-order valence-electron chi connectivity index (χ2n) is 4.83. The molecule has 0 aromatic carbocycles. The van der Waals surface area contributed by atoms with Crippen molar-refractivity contribution in [2.75, 3.05) is 19.6 Å². The third kappa shape index (κ3) is 2.94. The van der Waals surface area contributed by atoms with Gasteiger partial charge in [-0.2, -0.15) is 0 Å². The van der Waals surface area contributed by atoms with E-state index >= 15 is 0 Å². The van der Waals surface area contributed by atoms with E-state index in [0.717, 1.165) is 44.5 Å². The van der Waals surface area contributed by atoms with E-state index in [1.807, 2.05) is 0 Å². The molecule has 2 rings (SSSR count). The summed E-state index contributed by atoms with van der Waals surface area (Å²) in [5.41, 5.74) is 1.94. The van der Waals surface area contributed by atoms with E-state index in [9.17, 15) is 9.59 Å². The molecule has 0 spiro atoms. The van der Waals surface area contributed by atoms with E-state index in [-0.39, 0.29) is 11.8 Å². The van der Waals surface area contributed by atoms with Gasteiger partial charge in [-0.3, -0.25) is 14.9 Å². The molecule has 2 aliphatic rings. The Hall–Kier alpha value is -1.16. The lowest BCUT2D eigenvalue weighted by atomic mass is 10.00. The van der Waals surface area contributed by atoms with Crippen LogP contribution >= 0.6 is 0 Å². The number of hydrogen-bond acceptors (Lipinski definition) is 3. The number of carbonyl (C=O) groups is 2. The highest BCUT2D eigenvalue weighted by Crippen LogP contribution is 2.24. The molecule has 0 bridgehead atoms. The minimum atomic E-state index is -0.158. The van der Waals surface area contributed by atoms with Crippen molar-refractivity contribution in [1.82, 2.24) is 10.2 Å². The average molecular weight is 236 g/mol. The summed E-state index contributed by atoms with van der Waals surface area (Å²) in [6, 6.07) is 0. The Balaban J connectivity index is 2.05. The lowest BCUT2D eigenvalue weighted by Gasteiger charge is -2.18. The first kappa shape index (κ1) is 12.3. The fourth-order valence-corrected chi connectivity index (χ4v) is 2.66. The van der Waals surface area contributed by atoms with Crippen molar-refractivity contribution in [3.05, 3.63) is 11.1 Å². The molecule has 0 saturated carbocycles. The number of nitrogens with one attached hydrogen (secondary N) is 1. The molecule has 4 nitrogen and oxygen atoms in total. The second-order valence-corrected chi connectivity index (χ2v) is 4.83. The van der Waals surface area contributed by atoms with Crippen molar-refractivity contribution in [2.24, 2.45) is 0 Å². The Morgan fingerprint density at radius 2 is 2.06 bits per heavy atom. The smallest absolute Gasteiger partial charge is 0.254 e. The monoisotopic (exact) mass is 236 g/mol. The molecule has 0 radical (unpaired) electrons. The molecule has 2 saturated heterocycles. The van der Waals surface area contributed by atoms with Gasteiger partial charge in [0.2, 0.25) is 5.91 Å². The topological polar surface area (TPSA) is 49.4 Å². The first-order chi connectivity index (χ1) is 8.20. The van der Waals surface area contributed by atoms with E-state index in [1.165, 1.54) is 12.0 Å². The summed E-state index contributed by atoms with van der Waals surface area (Å²) in [5, 5.41) is 2.37. The molecule has 94 valence electrons. The highest BCUT2D eigenvalue weighted by atomic mass is 16.2. The largest absolute Gasteiger partial charge is 0.303 e. The van der Waals surface area contributed by atoms with Crippen molar-refractivity contribution >= 4 is 11.8 Å². The van der Waals surface area contributed by atoms with Crippen molar-refractivity contribution in [3.63, 3.8) is 0 Å². The minimum absolute atomic E-state index is 0.146. The van der Waals surface area contributed by atoms with Crippen LogP contribution in [0.1, 0.15) is 39.0 Å². The molecule has 0 atom stereocenters. The van der Waals surface area contributed by atoms with Crippen molar-refractivity contribution in [1.29, 1.82) is 0 Å². The zero-order valence-electron chi connectivity index (χ0n) is 10.4. The molecular weight excluding hydrogens is 216 g/mol. The van der Waals surface area contributed by atoms with Crippen LogP contribution in [-0.2, 0) is 9.59 Å². The molecule has 0 unspecified atom stereocenters. The van der Waals surface area contributed by atoms with Gasteiger partial charge >= 0.3 is 0 Å². The number of amides is 2. The highest BCUT2D eigenvalue weighted by Gasteiger charge is 2.27. The molecule has 2 amide bonds. The number of carbonyl (C=O) groups excluding carboxylic acids is 2. The van der Waals surface area contributed by atoms with Crippen molar-refractivity contribution in [2.45, 2.75) is 39.0 Å². The number of likely N-dealkylation sites (tertiary alicyclic amines) is 1. The predicted molar refractivity (Wildman–Crippen MR) is 65.4 cm³/mol. The summed E-state index contributed by atoms with van der Waals surface area (Å²) in [6.07, 6.45) is 4.47. The number of imide groups is 1. The van der Waals surface area contributed by atoms with Crippen molar-refractivity contribution in [3.8, 4) is 0 Å². The van der Waals surface area contributed by atoms with Gasteiger partial charge in [0, 0.05) is 12.1 Å². The van der Waals surface area contributed by atoms with E-state index < -0.39 is 0 Å². The lowest BCUT2D eigenvalue weighted by molar-refractivity contribution is -0.124. The minimum Gasteiger partial charge on any atom is -0.303 e. The van der Waals surface area contributed by atoms with Gasteiger partial charge in [-0.25, -0.2) is 0 Å². The molecule has 2 aliphatic heterocycles. The molecule has 17 heavy (non-hydrogen) atoms. The zero-order valence-corrected chi connectivity index (χ0v) is 10.4. The number of hydrogen-bond donors (Lipinski definition) is 1. The quantitative estimate of drug-likeness (QED) is 0.579. The van der Waals surface area contributed by atoms with Crippen LogP contribution in [0, 0.1) is 0 Å². The Morgan fingerprint density at radius 3 is 2.71 bits per heavy atom. The van der Waals surface area contributed by atoms with Crippen molar-refractivity contribution < 1.29 is 9.59 Å². The molecular formula is C13H20N2O2. The van der Waals surface area contributed by atoms with E-state index in [2.05, 4.69) is 17.1 Å². The average Bonchev–Trinajstić information content (AvgIpc) is 2.52. The van der Waals surface area contributed by atoms with Gasteiger partial charge in [-0.05, 0) is 38.8 Å². The van der Waals surface area contributed by atoms with Gasteiger partial charge < -0.3 is 4.90 Å². The Morgan fingerprint density at radius 1 is 1.24 bits per heavy atom. The molecule has 1 N–H and O–H groups in total. The lowest BCUT2D eigenvalue weighted by Crippen LogP contribution is -2.25. The van der Waals surface area contributed by atoms with Crippen LogP contribution in [0.3, 0.4) is 0 Å². The van der Waals surface area contributed by atoms with Crippen LogP contribution in [-0.4, -0.2) is 36.3 Å². The molecule has 2 heterocycles. The summed E-state index contributed by atoms with van der Waals surface area (Å²) in [7, 11) is 0. The van der Waals surface area contributed by atoms with Gasteiger partial charge in [0.1, 0.15) is 0 Å². The molecule has 0 aliphatic carbocycles. The molecule has 2 fully saturated rings. The molecule has 0 aromatic heterocycles. The first-order valence-electron chi connectivity index (χ1n) is 6.48. The fraction of sp³-hybridized carbons (Fsp3) is 0.692. The van der Waals surface area contributed by atoms with Crippen LogP contribution in [0.25, 0.3) is 0 Å². The Kier molecular flexibility index (Phi) is 3.94. The molecule has 0 aromatic rings. The predicted octanol–water partition coefficient (Wildman–Crippen LogP) is 1.23. The van der Waals surface area contributed by atoms with Gasteiger partial charge in [-0.1, -0.05) is 12.5 Å². The normalized spacial score (nSPS) is 27.1. The summed E-state index contributed by atoms with van der Waals surface area (Å²) < 4.78 is 0. The van der Waals surface area contributed by atoms with Crippen LogP contribution in [0.5, 0.6) is 0 Å². The SMILES string of the molecule is CCCN1CCCC(=C2CC(=O)NC2=O)CC1. The maximum atomic E-state index is 11.6. The van der Waals surface area contributed by atoms with E-state index in [1.54, 1.807) is 0 Å². The van der Waals surface area contributed by atoms with Gasteiger partial charge in [0.15, 0.2) is 0 Å². The third-order valence-corrected chi connectivity index (χ3v) is 3.51. The standard InChI is InChI=1S/C13H20N2O2/c1-2-6-15-7-3-4-10(5-8-15)11-9-12(16)14-13(11)17/h2-9H2,1H3,(H,14,16,17). The number of rotatable bonds is 2. The van der Waals surface area contributed by atoms with E-state index in [4.69, 9.17) is 0 Å². The third-order valence-electron chi connectivity index (χ3n) is 3.51. The van der Waals surface area contributed by atoms with Crippen LogP contribution in [0.2, 0.25) is 0 Å². The van der Waals surface area contributed by atoms with Gasteiger partial charge in [0.25, 0.3) is 5.91 Å². The Labute approximate surface area is 102 Å². The maximum absolute atomic E-state index is 11.6. The highest BCUT2D eigenvalue weighted by molar-refractivity contribution is 6.13. The fourth-order valence-electron chi connectivity index (χ4n) is 2.66. The summed E-state index contributed by atoms with van der Waals surface area (Å²) in [5.74, 6) is -0.305. The van der Waals surface area contributed by atoms with Crippen LogP contribution in [0.4, 0.5) is 0 Å². The summed E-state index contributed by atoms with van der Waals surface area (Å²) in [6.45, 7) is 5.45.